The largest absolute Gasteiger partial charge is 0.504 e. The number of amides is 1. The van der Waals surface area contributed by atoms with Gasteiger partial charge in [-0.2, -0.15) is 0 Å². The highest BCUT2D eigenvalue weighted by Gasteiger charge is 2.19. The zero-order valence-corrected chi connectivity index (χ0v) is 10.1. The molecule has 3 nitrogen and oxygen atoms in total. The van der Waals surface area contributed by atoms with Crippen LogP contribution >= 0.6 is 0 Å². The Balaban J connectivity index is 3.41. The lowest BCUT2D eigenvalue weighted by atomic mass is 10.2. The number of carbonyl (C=O) groups excluding carboxylic acids is 1. The number of rotatable bonds is 5. The van der Waals surface area contributed by atoms with Crippen LogP contribution in [0.4, 0.5) is 4.79 Å². The van der Waals surface area contributed by atoms with Crippen molar-refractivity contribution in [1.82, 2.24) is 5.32 Å². The SMILES string of the molecule is CCCCCNC(=O)O[Si](C)(C)C. The molecule has 1 N–H and O–H groups in total. The predicted molar refractivity (Wildman–Crippen MR) is 57.4 cm³/mol. The molecule has 0 aliphatic heterocycles. The number of hydrogen-bond acceptors (Lipinski definition) is 2. The summed E-state index contributed by atoms with van der Waals surface area (Å²) in [6, 6.07) is 0. The van der Waals surface area contributed by atoms with Crippen molar-refractivity contribution < 1.29 is 9.22 Å². The van der Waals surface area contributed by atoms with Crippen molar-refractivity contribution in [3.63, 3.8) is 0 Å². The summed E-state index contributed by atoms with van der Waals surface area (Å²) in [4.78, 5) is 11.1. The number of nitrogens with one attached hydrogen (secondary N) is 1. The van der Waals surface area contributed by atoms with Crippen LogP contribution in [0.5, 0.6) is 0 Å². The van der Waals surface area contributed by atoms with Crippen molar-refractivity contribution in [3.8, 4) is 0 Å². The molecule has 0 rings (SSSR count). The highest BCUT2D eigenvalue weighted by Crippen LogP contribution is 2.02. The van der Waals surface area contributed by atoms with Gasteiger partial charge in [0.1, 0.15) is 0 Å². The van der Waals surface area contributed by atoms with Gasteiger partial charge in [-0.15, -0.1) is 0 Å². The molecule has 0 atom stereocenters. The van der Waals surface area contributed by atoms with Gasteiger partial charge >= 0.3 is 6.09 Å². The van der Waals surface area contributed by atoms with E-state index in [9.17, 15) is 4.79 Å². The number of hydrogen-bond donors (Lipinski definition) is 1. The topological polar surface area (TPSA) is 38.3 Å². The fourth-order valence-electron chi connectivity index (χ4n) is 0.880. The molecule has 0 unspecified atom stereocenters. The molecule has 1 amide bonds. The third kappa shape index (κ3) is 9.40. The third-order valence-electron chi connectivity index (χ3n) is 1.45. The van der Waals surface area contributed by atoms with E-state index in [0.29, 0.717) is 0 Å². The van der Waals surface area contributed by atoms with Crippen molar-refractivity contribution in [2.45, 2.75) is 45.8 Å². The van der Waals surface area contributed by atoms with Crippen LogP contribution in [0.15, 0.2) is 0 Å². The second-order valence-corrected chi connectivity index (χ2v) is 8.56. The zero-order chi connectivity index (χ0) is 10.3. The van der Waals surface area contributed by atoms with E-state index in [-0.39, 0.29) is 6.09 Å². The minimum Gasteiger partial charge on any atom is -0.504 e. The van der Waals surface area contributed by atoms with Gasteiger partial charge in [0, 0.05) is 6.54 Å². The highest BCUT2D eigenvalue weighted by molar-refractivity contribution is 6.71. The molecule has 0 saturated carbocycles. The van der Waals surface area contributed by atoms with E-state index < -0.39 is 8.32 Å². The maximum absolute atomic E-state index is 11.1. The van der Waals surface area contributed by atoms with Crippen molar-refractivity contribution in [3.05, 3.63) is 0 Å². The second-order valence-electron chi connectivity index (χ2n) is 4.14. The Morgan fingerprint density at radius 3 is 2.38 bits per heavy atom. The Morgan fingerprint density at radius 2 is 1.92 bits per heavy atom. The summed E-state index contributed by atoms with van der Waals surface area (Å²) >= 11 is 0. The van der Waals surface area contributed by atoms with Gasteiger partial charge in [0.05, 0.1) is 0 Å². The molecular formula is C9H21NO2Si. The molecule has 0 heterocycles. The van der Waals surface area contributed by atoms with Gasteiger partial charge < -0.3 is 9.74 Å². The van der Waals surface area contributed by atoms with Gasteiger partial charge in [-0.3, -0.25) is 0 Å². The molecule has 78 valence electrons. The van der Waals surface area contributed by atoms with Gasteiger partial charge in [-0.05, 0) is 26.1 Å². The van der Waals surface area contributed by atoms with E-state index in [0.717, 1.165) is 19.4 Å². The normalized spacial score (nSPS) is 11.1. The maximum atomic E-state index is 11.1. The van der Waals surface area contributed by atoms with Crippen LogP contribution in [0.2, 0.25) is 19.6 Å². The van der Waals surface area contributed by atoms with Crippen LogP contribution < -0.4 is 5.32 Å². The molecule has 0 fully saturated rings. The highest BCUT2D eigenvalue weighted by atomic mass is 28.4. The molecule has 0 aromatic heterocycles. The Bertz CT molecular complexity index is 154. The van der Waals surface area contributed by atoms with Crippen LogP contribution in [0.1, 0.15) is 26.2 Å². The van der Waals surface area contributed by atoms with Gasteiger partial charge in [0.25, 0.3) is 0 Å². The minimum absolute atomic E-state index is 0.254. The monoisotopic (exact) mass is 203 g/mol. The van der Waals surface area contributed by atoms with Crippen molar-refractivity contribution in [1.29, 1.82) is 0 Å². The number of unbranched alkanes of at least 4 members (excludes halogenated alkanes) is 2. The van der Waals surface area contributed by atoms with Crippen LogP contribution in [-0.4, -0.2) is 21.0 Å². The summed E-state index contributed by atoms with van der Waals surface area (Å²) in [5.74, 6) is 0. The summed E-state index contributed by atoms with van der Waals surface area (Å²) in [6.45, 7) is 8.87. The van der Waals surface area contributed by atoms with E-state index in [1.54, 1.807) is 0 Å². The average molecular weight is 203 g/mol. The summed E-state index contributed by atoms with van der Waals surface area (Å²) in [7, 11) is -1.70. The Morgan fingerprint density at radius 1 is 1.31 bits per heavy atom. The molecule has 0 radical (unpaired) electrons. The van der Waals surface area contributed by atoms with Crippen LogP contribution in [-0.2, 0) is 4.43 Å². The average Bonchev–Trinajstić information content (AvgIpc) is 1.94. The minimum atomic E-state index is -1.70. The van der Waals surface area contributed by atoms with E-state index in [4.69, 9.17) is 4.43 Å². The molecule has 0 aliphatic carbocycles. The van der Waals surface area contributed by atoms with Gasteiger partial charge in [-0.1, -0.05) is 19.8 Å². The first-order valence-electron chi connectivity index (χ1n) is 4.92. The molecule has 0 aromatic carbocycles. The lowest BCUT2D eigenvalue weighted by molar-refractivity contribution is 0.198. The van der Waals surface area contributed by atoms with Crippen LogP contribution in [0, 0.1) is 0 Å². The number of carbonyl (C=O) groups is 1. The second kappa shape index (κ2) is 6.02. The van der Waals surface area contributed by atoms with Gasteiger partial charge in [0.15, 0.2) is 0 Å². The molecule has 4 heteroatoms. The smallest absolute Gasteiger partial charge is 0.393 e. The van der Waals surface area contributed by atoms with E-state index in [1.165, 1.54) is 6.42 Å². The fourth-order valence-corrected chi connectivity index (χ4v) is 1.51. The molecule has 13 heavy (non-hydrogen) atoms. The van der Waals surface area contributed by atoms with Crippen molar-refractivity contribution in [2.24, 2.45) is 0 Å². The van der Waals surface area contributed by atoms with Crippen molar-refractivity contribution in [2.75, 3.05) is 6.54 Å². The van der Waals surface area contributed by atoms with Crippen LogP contribution in [0.3, 0.4) is 0 Å². The molecule has 0 spiro atoms. The van der Waals surface area contributed by atoms with Gasteiger partial charge in [-0.25, -0.2) is 4.79 Å². The molecule has 0 aliphatic rings. The summed E-state index contributed by atoms with van der Waals surface area (Å²) < 4.78 is 5.21. The molecular weight excluding hydrogens is 182 g/mol. The zero-order valence-electron chi connectivity index (χ0n) is 9.14. The van der Waals surface area contributed by atoms with E-state index >= 15 is 0 Å². The molecule has 0 saturated heterocycles. The van der Waals surface area contributed by atoms with E-state index in [2.05, 4.69) is 12.2 Å². The summed E-state index contributed by atoms with van der Waals surface area (Å²) in [5, 5.41) is 2.75. The maximum Gasteiger partial charge on any atom is 0.393 e. The predicted octanol–water partition coefficient (Wildman–Crippen LogP) is 2.74. The Kier molecular flexibility index (Phi) is 5.78. The lowest BCUT2D eigenvalue weighted by Crippen LogP contribution is -2.36. The molecule has 0 aromatic rings. The first-order chi connectivity index (χ1) is 5.95. The summed E-state index contributed by atoms with van der Waals surface area (Å²) in [6.07, 6.45) is 3.12. The quantitative estimate of drug-likeness (QED) is 0.551. The fraction of sp³-hybridized carbons (Fsp3) is 0.889. The summed E-state index contributed by atoms with van der Waals surface area (Å²) in [5.41, 5.74) is 0. The van der Waals surface area contributed by atoms with Crippen molar-refractivity contribution >= 4 is 14.4 Å². The first-order valence-corrected chi connectivity index (χ1v) is 8.33. The molecule has 0 bridgehead atoms. The van der Waals surface area contributed by atoms with Crippen LogP contribution in [0.25, 0.3) is 0 Å². The standard InChI is InChI=1S/C9H21NO2Si/c1-5-6-7-8-10-9(11)12-13(2,3)4/h5-8H2,1-4H3,(H,10,11). The van der Waals surface area contributed by atoms with Gasteiger partial charge in [0.2, 0.25) is 8.32 Å². The Labute approximate surface area is 82.0 Å². The lowest BCUT2D eigenvalue weighted by Gasteiger charge is -2.17. The Hall–Kier alpha value is -0.513. The third-order valence-corrected chi connectivity index (χ3v) is 2.25. The van der Waals surface area contributed by atoms with E-state index in [1.807, 2.05) is 19.6 Å². The first kappa shape index (κ1) is 12.5.